The molecule has 1 aliphatic rings. The first-order valence-electron chi connectivity index (χ1n) is 6.19. The molecule has 1 saturated carbocycles. The van der Waals surface area contributed by atoms with E-state index in [1.165, 1.54) is 43.0 Å². The van der Waals surface area contributed by atoms with Gasteiger partial charge in [-0.2, -0.15) is 0 Å². The van der Waals surface area contributed by atoms with Gasteiger partial charge in [-0.3, -0.25) is 0 Å². The van der Waals surface area contributed by atoms with Crippen molar-refractivity contribution in [1.29, 1.82) is 0 Å². The molecule has 0 amide bonds. The summed E-state index contributed by atoms with van der Waals surface area (Å²) in [5, 5.41) is 1.33. The van der Waals surface area contributed by atoms with Gasteiger partial charge in [-0.25, -0.2) is 0 Å². The number of aromatic nitrogens is 1. The highest BCUT2D eigenvalue weighted by Crippen LogP contribution is 2.25. The third kappa shape index (κ3) is 1.78. The fraction of sp³-hybridized carbons (Fsp3) is 0.333. The van der Waals surface area contributed by atoms with Crippen LogP contribution in [0.15, 0.2) is 42.1 Å². The Morgan fingerprint density at radius 3 is 2.62 bits per heavy atom. The lowest BCUT2D eigenvalue weighted by Gasteiger charge is -2.13. The lowest BCUT2D eigenvalue weighted by Crippen LogP contribution is -1.95. The van der Waals surface area contributed by atoms with Crippen LogP contribution in [0.2, 0.25) is 0 Å². The molecule has 0 N–H and O–H groups in total. The summed E-state index contributed by atoms with van der Waals surface area (Å²) in [6, 6.07) is 10.8. The van der Waals surface area contributed by atoms with Crippen molar-refractivity contribution in [2.45, 2.75) is 32.1 Å². The van der Waals surface area contributed by atoms with Gasteiger partial charge in [-0.05, 0) is 43.2 Å². The SMILES string of the molecule is C(=C1CCCCC1)n1ccc2ccccc21. The Balaban J connectivity index is 1.99. The zero-order valence-corrected chi connectivity index (χ0v) is 9.52. The summed E-state index contributed by atoms with van der Waals surface area (Å²) in [6.45, 7) is 0. The molecule has 0 atom stereocenters. The Kier molecular flexibility index (Phi) is 2.53. The van der Waals surface area contributed by atoms with Gasteiger partial charge in [0.05, 0.1) is 5.52 Å². The van der Waals surface area contributed by atoms with Gasteiger partial charge < -0.3 is 4.57 Å². The molecule has 0 aliphatic heterocycles. The van der Waals surface area contributed by atoms with Crippen LogP contribution in [-0.2, 0) is 0 Å². The van der Waals surface area contributed by atoms with Crippen LogP contribution in [0, 0.1) is 0 Å². The Bertz CT molecular complexity index is 511. The van der Waals surface area contributed by atoms with Gasteiger partial charge in [0.15, 0.2) is 0 Å². The van der Waals surface area contributed by atoms with Crippen LogP contribution in [0.5, 0.6) is 0 Å². The van der Waals surface area contributed by atoms with Crippen molar-refractivity contribution < 1.29 is 0 Å². The largest absolute Gasteiger partial charge is 0.323 e. The van der Waals surface area contributed by atoms with Gasteiger partial charge >= 0.3 is 0 Å². The molecule has 1 aromatic carbocycles. The predicted octanol–water partition coefficient (Wildman–Crippen LogP) is 4.45. The van der Waals surface area contributed by atoms with Crippen LogP contribution in [0.25, 0.3) is 17.1 Å². The van der Waals surface area contributed by atoms with Crippen molar-refractivity contribution in [3.63, 3.8) is 0 Å². The van der Waals surface area contributed by atoms with E-state index in [0.717, 1.165) is 0 Å². The third-order valence-corrected chi connectivity index (χ3v) is 3.45. The molecule has 1 fully saturated rings. The number of nitrogens with zero attached hydrogens (tertiary/aromatic N) is 1. The van der Waals surface area contributed by atoms with Crippen LogP contribution in [-0.4, -0.2) is 4.57 Å². The molecule has 16 heavy (non-hydrogen) atoms. The highest BCUT2D eigenvalue weighted by molar-refractivity contribution is 5.82. The molecule has 3 rings (SSSR count). The number of allylic oxidation sites excluding steroid dienone is 1. The van der Waals surface area contributed by atoms with Crippen molar-refractivity contribution >= 4 is 17.1 Å². The van der Waals surface area contributed by atoms with E-state index in [9.17, 15) is 0 Å². The van der Waals surface area contributed by atoms with Crippen molar-refractivity contribution in [3.8, 4) is 0 Å². The van der Waals surface area contributed by atoms with E-state index in [2.05, 4.69) is 47.3 Å². The van der Waals surface area contributed by atoms with Crippen LogP contribution in [0.1, 0.15) is 32.1 Å². The fourth-order valence-electron chi connectivity index (χ4n) is 2.55. The van der Waals surface area contributed by atoms with Crippen molar-refractivity contribution in [1.82, 2.24) is 4.57 Å². The average Bonchev–Trinajstić information content (AvgIpc) is 2.74. The van der Waals surface area contributed by atoms with Crippen LogP contribution >= 0.6 is 0 Å². The van der Waals surface area contributed by atoms with Gasteiger partial charge in [0.1, 0.15) is 0 Å². The van der Waals surface area contributed by atoms with Crippen LogP contribution in [0.4, 0.5) is 0 Å². The minimum Gasteiger partial charge on any atom is -0.323 e. The Morgan fingerprint density at radius 2 is 1.75 bits per heavy atom. The summed E-state index contributed by atoms with van der Waals surface area (Å²) in [5.74, 6) is 0. The number of fused-ring (bicyclic) bond motifs is 1. The van der Waals surface area contributed by atoms with Gasteiger partial charge in [0.25, 0.3) is 0 Å². The van der Waals surface area contributed by atoms with Gasteiger partial charge in [-0.1, -0.05) is 30.2 Å². The maximum Gasteiger partial charge on any atom is 0.0522 e. The zero-order chi connectivity index (χ0) is 10.8. The summed E-state index contributed by atoms with van der Waals surface area (Å²) in [6.07, 6.45) is 11.2. The first kappa shape index (κ1) is 9.71. The second-order valence-corrected chi connectivity index (χ2v) is 4.63. The van der Waals surface area contributed by atoms with Crippen molar-refractivity contribution in [3.05, 3.63) is 42.1 Å². The van der Waals surface area contributed by atoms with E-state index in [1.54, 1.807) is 5.57 Å². The summed E-state index contributed by atoms with van der Waals surface area (Å²) in [4.78, 5) is 0. The van der Waals surface area contributed by atoms with E-state index in [-0.39, 0.29) is 0 Å². The predicted molar refractivity (Wildman–Crippen MR) is 69.3 cm³/mol. The summed E-state index contributed by atoms with van der Waals surface area (Å²) >= 11 is 0. The number of hydrogen-bond donors (Lipinski definition) is 0. The standard InChI is InChI=1S/C15H17N/c1-2-6-13(7-3-1)12-16-11-10-14-8-4-5-9-15(14)16/h4-5,8-12H,1-3,6-7H2. The monoisotopic (exact) mass is 211 g/mol. The molecule has 1 nitrogen and oxygen atoms in total. The van der Waals surface area contributed by atoms with Crippen molar-refractivity contribution in [2.75, 3.05) is 0 Å². The lowest BCUT2D eigenvalue weighted by molar-refractivity contribution is 0.601. The minimum atomic E-state index is 1.28. The molecule has 1 heterocycles. The summed E-state index contributed by atoms with van der Waals surface area (Å²) < 4.78 is 2.27. The quantitative estimate of drug-likeness (QED) is 0.657. The summed E-state index contributed by atoms with van der Waals surface area (Å²) in [5.41, 5.74) is 2.92. The molecule has 2 aromatic rings. The molecule has 1 aliphatic carbocycles. The molecule has 82 valence electrons. The number of rotatable bonds is 1. The topological polar surface area (TPSA) is 4.93 Å². The average molecular weight is 211 g/mol. The molecule has 0 unspecified atom stereocenters. The van der Waals surface area contributed by atoms with Crippen molar-refractivity contribution in [2.24, 2.45) is 0 Å². The molecule has 1 aromatic heterocycles. The maximum absolute atomic E-state index is 2.33. The first-order chi connectivity index (χ1) is 7.93. The molecule has 0 saturated heterocycles. The zero-order valence-electron chi connectivity index (χ0n) is 9.52. The first-order valence-corrected chi connectivity index (χ1v) is 6.19. The van der Waals surface area contributed by atoms with E-state index < -0.39 is 0 Å². The van der Waals surface area contributed by atoms with Gasteiger partial charge in [-0.15, -0.1) is 0 Å². The second kappa shape index (κ2) is 4.17. The third-order valence-electron chi connectivity index (χ3n) is 3.45. The molecular formula is C15H17N. The van der Waals surface area contributed by atoms with E-state index in [0.29, 0.717) is 0 Å². The smallest absolute Gasteiger partial charge is 0.0522 e. The molecule has 0 spiro atoms. The number of benzene rings is 1. The van der Waals surface area contributed by atoms with E-state index in [1.807, 2.05) is 0 Å². The Morgan fingerprint density at radius 1 is 0.938 bits per heavy atom. The molecule has 0 bridgehead atoms. The van der Waals surface area contributed by atoms with E-state index in [4.69, 9.17) is 0 Å². The number of hydrogen-bond acceptors (Lipinski definition) is 0. The molecule has 0 radical (unpaired) electrons. The summed E-state index contributed by atoms with van der Waals surface area (Å²) in [7, 11) is 0. The highest BCUT2D eigenvalue weighted by atomic mass is 14.9. The van der Waals surface area contributed by atoms with Gasteiger partial charge in [0.2, 0.25) is 0 Å². The number of para-hydroxylation sites is 1. The van der Waals surface area contributed by atoms with E-state index >= 15 is 0 Å². The van der Waals surface area contributed by atoms with Crippen LogP contribution < -0.4 is 0 Å². The minimum absolute atomic E-state index is 1.28. The van der Waals surface area contributed by atoms with Gasteiger partial charge in [0, 0.05) is 12.4 Å². The maximum atomic E-state index is 2.33. The molecule has 1 heteroatoms. The fourth-order valence-corrected chi connectivity index (χ4v) is 2.55. The lowest BCUT2D eigenvalue weighted by atomic mass is 9.96. The second-order valence-electron chi connectivity index (χ2n) is 4.63. The normalized spacial score (nSPS) is 16.6. The highest BCUT2D eigenvalue weighted by Gasteiger charge is 2.05. The Hall–Kier alpha value is -1.50. The Labute approximate surface area is 96.4 Å². The molecular weight excluding hydrogens is 194 g/mol. The van der Waals surface area contributed by atoms with Crippen LogP contribution in [0.3, 0.4) is 0 Å².